The Morgan fingerprint density at radius 1 is 1.43 bits per heavy atom. The van der Waals surface area contributed by atoms with Crippen LogP contribution in [0.3, 0.4) is 0 Å². The lowest BCUT2D eigenvalue weighted by molar-refractivity contribution is 0.169. The van der Waals surface area contributed by atoms with E-state index >= 15 is 0 Å². The normalized spacial score (nSPS) is 12.6. The van der Waals surface area contributed by atoms with Gasteiger partial charge in [0.1, 0.15) is 0 Å². The molecule has 2 N–H and O–H groups in total. The van der Waals surface area contributed by atoms with Crippen molar-refractivity contribution >= 4 is 22.0 Å². The van der Waals surface area contributed by atoms with Gasteiger partial charge in [-0.25, -0.2) is 4.79 Å². The number of carbonyl (C=O) groups is 1. The highest BCUT2D eigenvalue weighted by Crippen LogP contribution is 2.45. The van der Waals surface area contributed by atoms with Crippen molar-refractivity contribution in [2.75, 3.05) is 6.79 Å². The topological polar surface area (TPSA) is 70.8 Å². The smallest absolute Gasteiger partial charge is 0.410 e. The third-order valence-electron chi connectivity index (χ3n) is 1.65. The molecule has 0 fully saturated rings. The number of benzene rings is 1. The molecule has 0 saturated heterocycles. The van der Waals surface area contributed by atoms with E-state index in [0.717, 1.165) is 4.47 Å². The van der Waals surface area contributed by atoms with Crippen molar-refractivity contribution in [3.63, 3.8) is 0 Å². The standard InChI is InChI=1S/C8H6BrNO4/c9-4-1-2-5(14-8(10)11)7-6(4)12-3-13-7/h1-2H,3H2,(H2,10,11). The van der Waals surface area contributed by atoms with E-state index in [9.17, 15) is 4.79 Å². The van der Waals surface area contributed by atoms with Gasteiger partial charge in [0.2, 0.25) is 12.5 Å². The number of hydrogen-bond acceptors (Lipinski definition) is 4. The molecule has 1 aromatic carbocycles. The van der Waals surface area contributed by atoms with Crippen LogP contribution >= 0.6 is 15.9 Å². The van der Waals surface area contributed by atoms with E-state index in [0.29, 0.717) is 11.5 Å². The molecular weight excluding hydrogens is 254 g/mol. The van der Waals surface area contributed by atoms with E-state index in [-0.39, 0.29) is 12.5 Å². The van der Waals surface area contributed by atoms with E-state index < -0.39 is 6.09 Å². The van der Waals surface area contributed by atoms with Gasteiger partial charge in [-0.15, -0.1) is 0 Å². The summed E-state index contributed by atoms with van der Waals surface area (Å²) in [6, 6.07) is 3.26. The summed E-state index contributed by atoms with van der Waals surface area (Å²) in [4.78, 5) is 10.5. The summed E-state index contributed by atoms with van der Waals surface area (Å²) in [5.74, 6) is 1.16. The number of rotatable bonds is 1. The second-order valence-electron chi connectivity index (χ2n) is 2.53. The van der Waals surface area contributed by atoms with Crippen LogP contribution in [0.1, 0.15) is 0 Å². The predicted octanol–water partition coefficient (Wildman–Crippen LogP) is 1.64. The molecule has 1 amide bonds. The number of fused-ring (bicyclic) bond motifs is 1. The van der Waals surface area contributed by atoms with Gasteiger partial charge in [0.15, 0.2) is 11.5 Å². The number of hydrogen-bond donors (Lipinski definition) is 1. The van der Waals surface area contributed by atoms with Crippen molar-refractivity contribution in [2.24, 2.45) is 5.73 Å². The minimum atomic E-state index is -0.884. The second kappa shape index (κ2) is 3.38. The summed E-state index contributed by atoms with van der Waals surface area (Å²) in [5.41, 5.74) is 4.89. The number of ether oxygens (including phenoxy) is 3. The van der Waals surface area contributed by atoms with Crippen LogP contribution in [0.4, 0.5) is 4.79 Å². The van der Waals surface area contributed by atoms with Crippen molar-refractivity contribution in [3.8, 4) is 17.2 Å². The van der Waals surface area contributed by atoms with Crippen molar-refractivity contribution in [2.45, 2.75) is 0 Å². The molecule has 1 heterocycles. The predicted molar refractivity (Wildman–Crippen MR) is 50.5 cm³/mol. The van der Waals surface area contributed by atoms with Crippen molar-refractivity contribution in [3.05, 3.63) is 16.6 Å². The first-order chi connectivity index (χ1) is 6.68. The van der Waals surface area contributed by atoms with Crippen molar-refractivity contribution in [1.82, 2.24) is 0 Å². The number of nitrogens with two attached hydrogens (primary N) is 1. The molecule has 74 valence electrons. The fourth-order valence-electron chi connectivity index (χ4n) is 1.13. The van der Waals surface area contributed by atoms with E-state index in [4.69, 9.17) is 19.9 Å². The van der Waals surface area contributed by atoms with Crippen LogP contribution in [0.15, 0.2) is 16.6 Å². The molecule has 2 rings (SSSR count). The summed E-state index contributed by atoms with van der Waals surface area (Å²) in [6.45, 7) is 0.104. The van der Waals surface area contributed by atoms with Crippen LogP contribution in [0.2, 0.25) is 0 Å². The zero-order valence-electron chi connectivity index (χ0n) is 6.95. The molecular formula is C8H6BrNO4. The third-order valence-corrected chi connectivity index (χ3v) is 2.27. The first kappa shape index (κ1) is 9.14. The summed E-state index contributed by atoms with van der Waals surface area (Å²) < 4.78 is 15.7. The maximum absolute atomic E-state index is 10.5. The Morgan fingerprint density at radius 2 is 2.14 bits per heavy atom. The molecule has 0 aliphatic carbocycles. The lowest BCUT2D eigenvalue weighted by Crippen LogP contribution is -2.16. The van der Waals surface area contributed by atoms with Crippen LogP contribution < -0.4 is 19.9 Å². The first-order valence-corrected chi connectivity index (χ1v) is 4.53. The summed E-state index contributed by atoms with van der Waals surface area (Å²) in [5, 5.41) is 0. The highest BCUT2D eigenvalue weighted by molar-refractivity contribution is 9.10. The first-order valence-electron chi connectivity index (χ1n) is 3.74. The highest BCUT2D eigenvalue weighted by atomic mass is 79.9. The molecule has 0 bridgehead atoms. The largest absolute Gasteiger partial charge is 0.452 e. The van der Waals surface area contributed by atoms with E-state index in [1.54, 1.807) is 12.1 Å². The van der Waals surface area contributed by atoms with E-state index in [1.807, 2.05) is 0 Å². The molecule has 0 atom stereocenters. The van der Waals surface area contributed by atoms with Crippen LogP contribution in [0.5, 0.6) is 17.2 Å². The Hall–Kier alpha value is -1.43. The molecule has 1 aromatic rings. The lowest BCUT2D eigenvalue weighted by Gasteiger charge is -2.05. The van der Waals surface area contributed by atoms with Gasteiger partial charge in [-0.05, 0) is 28.1 Å². The molecule has 0 saturated carbocycles. The SMILES string of the molecule is NC(=O)Oc1ccc(Br)c2c1OCO2. The minimum absolute atomic E-state index is 0.104. The zero-order chi connectivity index (χ0) is 10.1. The monoisotopic (exact) mass is 259 g/mol. The fourth-order valence-corrected chi connectivity index (χ4v) is 1.55. The lowest BCUT2D eigenvalue weighted by atomic mass is 10.3. The fraction of sp³-hybridized carbons (Fsp3) is 0.125. The average molecular weight is 260 g/mol. The number of amides is 1. The molecule has 5 nitrogen and oxygen atoms in total. The highest BCUT2D eigenvalue weighted by Gasteiger charge is 2.22. The summed E-state index contributed by atoms with van der Waals surface area (Å²) in [6.07, 6.45) is -0.884. The number of carbonyl (C=O) groups excluding carboxylic acids is 1. The molecule has 6 heteroatoms. The van der Waals surface area contributed by atoms with Gasteiger partial charge in [0, 0.05) is 0 Å². The molecule has 0 unspecified atom stereocenters. The Kier molecular flexibility index (Phi) is 2.20. The van der Waals surface area contributed by atoms with Gasteiger partial charge >= 0.3 is 6.09 Å². The summed E-state index contributed by atoms with van der Waals surface area (Å²) >= 11 is 3.27. The Bertz CT molecular complexity index is 393. The molecule has 0 aromatic heterocycles. The third kappa shape index (κ3) is 1.48. The van der Waals surface area contributed by atoms with Crippen LogP contribution in [0.25, 0.3) is 0 Å². The zero-order valence-corrected chi connectivity index (χ0v) is 8.54. The van der Waals surface area contributed by atoms with Gasteiger partial charge < -0.3 is 19.9 Å². The van der Waals surface area contributed by atoms with E-state index in [1.165, 1.54) is 0 Å². The Morgan fingerprint density at radius 3 is 2.86 bits per heavy atom. The number of halogens is 1. The van der Waals surface area contributed by atoms with Crippen LogP contribution in [-0.4, -0.2) is 12.9 Å². The Balaban J connectivity index is 2.43. The molecule has 1 aliphatic heterocycles. The maximum Gasteiger partial charge on any atom is 0.410 e. The van der Waals surface area contributed by atoms with Gasteiger partial charge in [-0.3, -0.25) is 0 Å². The van der Waals surface area contributed by atoms with Crippen molar-refractivity contribution in [1.29, 1.82) is 0 Å². The quantitative estimate of drug-likeness (QED) is 0.833. The molecule has 1 aliphatic rings. The molecule has 14 heavy (non-hydrogen) atoms. The second-order valence-corrected chi connectivity index (χ2v) is 3.39. The van der Waals surface area contributed by atoms with Crippen LogP contribution in [0, 0.1) is 0 Å². The molecule has 0 spiro atoms. The Labute approximate surface area is 87.9 Å². The van der Waals surface area contributed by atoms with Gasteiger partial charge in [0.05, 0.1) is 4.47 Å². The van der Waals surface area contributed by atoms with Gasteiger partial charge in [0.25, 0.3) is 0 Å². The van der Waals surface area contributed by atoms with Crippen molar-refractivity contribution < 1.29 is 19.0 Å². The van der Waals surface area contributed by atoms with E-state index in [2.05, 4.69) is 15.9 Å². The maximum atomic E-state index is 10.5. The minimum Gasteiger partial charge on any atom is -0.452 e. The van der Waals surface area contributed by atoms with Gasteiger partial charge in [-0.1, -0.05) is 0 Å². The van der Waals surface area contributed by atoms with Gasteiger partial charge in [-0.2, -0.15) is 0 Å². The molecule has 0 radical (unpaired) electrons. The average Bonchev–Trinajstić information content (AvgIpc) is 2.58. The summed E-state index contributed by atoms with van der Waals surface area (Å²) in [7, 11) is 0. The number of primary amides is 1. The van der Waals surface area contributed by atoms with Crippen LogP contribution in [-0.2, 0) is 0 Å².